The third kappa shape index (κ3) is 7.31. The fourth-order valence-electron chi connectivity index (χ4n) is 3.09. The highest BCUT2D eigenvalue weighted by molar-refractivity contribution is 7.89. The molecule has 1 aromatic carbocycles. The number of nitrogens with one attached hydrogen (secondary N) is 3. The molecule has 1 fully saturated rings. The van der Waals surface area contributed by atoms with Gasteiger partial charge in [0.2, 0.25) is 21.8 Å². The summed E-state index contributed by atoms with van der Waals surface area (Å²) in [5.74, 6) is -0.632. The third-order valence-electron chi connectivity index (χ3n) is 4.58. The number of rotatable bonds is 9. The van der Waals surface area contributed by atoms with Crippen molar-refractivity contribution in [2.45, 2.75) is 49.5 Å². The molecule has 0 aromatic heterocycles. The van der Waals surface area contributed by atoms with Crippen molar-refractivity contribution in [2.75, 3.05) is 18.4 Å². The molecule has 0 aliphatic heterocycles. The molecule has 0 atom stereocenters. The number of nitro benzene ring substituents is 1. The Morgan fingerprint density at radius 2 is 1.86 bits per heavy atom. The summed E-state index contributed by atoms with van der Waals surface area (Å²) in [6.07, 6.45) is 5.24. The molecule has 2 rings (SSSR count). The Kier molecular flexibility index (Phi) is 7.91. The van der Waals surface area contributed by atoms with E-state index in [1.165, 1.54) is 12.5 Å². The van der Waals surface area contributed by atoms with Crippen molar-refractivity contribution < 1.29 is 22.9 Å². The van der Waals surface area contributed by atoms with Crippen LogP contribution in [-0.2, 0) is 19.6 Å². The van der Waals surface area contributed by atoms with Gasteiger partial charge in [0.1, 0.15) is 5.69 Å². The lowest BCUT2D eigenvalue weighted by Gasteiger charge is -2.22. The average Bonchev–Trinajstić information content (AvgIpc) is 2.66. The number of amides is 2. The molecule has 1 aliphatic carbocycles. The van der Waals surface area contributed by atoms with E-state index in [-0.39, 0.29) is 47.9 Å². The first-order valence-electron chi connectivity index (χ1n) is 9.28. The maximum absolute atomic E-state index is 11.9. The van der Waals surface area contributed by atoms with Gasteiger partial charge in [-0.25, -0.2) is 13.6 Å². The zero-order chi connectivity index (χ0) is 21.4. The van der Waals surface area contributed by atoms with Gasteiger partial charge in [-0.15, -0.1) is 0 Å². The second-order valence-electron chi connectivity index (χ2n) is 6.84. The first-order chi connectivity index (χ1) is 13.7. The smallest absolute Gasteiger partial charge is 0.293 e. The van der Waals surface area contributed by atoms with Crippen molar-refractivity contribution in [3.8, 4) is 0 Å². The summed E-state index contributed by atoms with van der Waals surface area (Å²) >= 11 is 0. The van der Waals surface area contributed by atoms with E-state index in [0.29, 0.717) is 0 Å². The molecule has 29 heavy (non-hydrogen) atoms. The van der Waals surface area contributed by atoms with Crippen molar-refractivity contribution >= 4 is 33.2 Å². The Labute approximate surface area is 168 Å². The second kappa shape index (κ2) is 10.2. The van der Waals surface area contributed by atoms with Crippen molar-refractivity contribution in [1.82, 2.24) is 10.6 Å². The van der Waals surface area contributed by atoms with E-state index >= 15 is 0 Å². The Balaban J connectivity index is 1.79. The molecule has 0 bridgehead atoms. The molecule has 0 spiro atoms. The zero-order valence-electron chi connectivity index (χ0n) is 15.8. The summed E-state index contributed by atoms with van der Waals surface area (Å²) in [5, 5.41) is 24.2. The van der Waals surface area contributed by atoms with Gasteiger partial charge in [0.05, 0.1) is 16.4 Å². The summed E-state index contributed by atoms with van der Waals surface area (Å²) in [5.41, 5.74) is -0.408. The Hall–Kier alpha value is -2.73. The predicted molar refractivity (Wildman–Crippen MR) is 106 cm³/mol. The largest absolute Gasteiger partial charge is 0.379 e. The normalized spacial score (nSPS) is 14.8. The zero-order valence-corrected chi connectivity index (χ0v) is 16.7. The summed E-state index contributed by atoms with van der Waals surface area (Å²) in [4.78, 5) is 33.8. The predicted octanol–water partition coefficient (Wildman–Crippen LogP) is 0.609. The fourth-order valence-corrected chi connectivity index (χ4v) is 3.63. The number of anilines is 1. The fraction of sp³-hybridized carbons (Fsp3) is 0.529. The molecule has 0 saturated heterocycles. The lowest BCUT2D eigenvalue weighted by Crippen LogP contribution is -2.42. The second-order valence-corrected chi connectivity index (χ2v) is 8.40. The summed E-state index contributed by atoms with van der Waals surface area (Å²) in [7, 11) is -4.07. The molecule has 0 unspecified atom stereocenters. The Bertz CT molecular complexity index is 867. The maximum atomic E-state index is 11.9. The molecular formula is C17H25N5O6S. The monoisotopic (exact) mass is 427 g/mol. The van der Waals surface area contributed by atoms with Gasteiger partial charge < -0.3 is 16.0 Å². The van der Waals surface area contributed by atoms with Gasteiger partial charge in [-0.1, -0.05) is 19.3 Å². The number of primary sulfonamides is 1. The molecule has 0 heterocycles. The quantitative estimate of drug-likeness (QED) is 0.330. The van der Waals surface area contributed by atoms with Crippen LogP contribution in [0.2, 0.25) is 0 Å². The molecule has 5 N–H and O–H groups in total. The molecule has 1 aliphatic rings. The van der Waals surface area contributed by atoms with Gasteiger partial charge in [-0.05, 0) is 25.0 Å². The van der Waals surface area contributed by atoms with E-state index in [1.807, 2.05) is 0 Å². The number of benzene rings is 1. The number of nitro groups is 1. The first-order valence-corrected chi connectivity index (χ1v) is 10.8. The third-order valence-corrected chi connectivity index (χ3v) is 5.49. The van der Waals surface area contributed by atoms with E-state index in [1.54, 1.807) is 0 Å². The Morgan fingerprint density at radius 3 is 2.48 bits per heavy atom. The van der Waals surface area contributed by atoms with Crippen LogP contribution in [0.25, 0.3) is 0 Å². The van der Waals surface area contributed by atoms with Crippen LogP contribution in [0.4, 0.5) is 11.4 Å². The minimum absolute atomic E-state index is 0.0230. The van der Waals surface area contributed by atoms with Gasteiger partial charge in [-0.3, -0.25) is 19.7 Å². The van der Waals surface area contributed by atoms with E-state index in [0.717, 1.165) is 37.8 Å². The van der Waals surface area contributed by atoms with Crippen LogP contribution >= 0.6 is 0 Å². The molecular weight excluding hydrogens is 402 g/mol. The number of hydrogen-bond acceptors (Lipinski definition) is 7. The van der Waals surface area contributed by atoms with Gasteiger partial charge in [0.25, 0.3) is 5.69 Å². The standard InChI is InChI=1S/C17H25N5O6S/c18-29(27,28)13-6-7-14(15(10-13)22(25)26)19-9-8-16(23)20-11-17(24)21-12-4-2-1-3-5-12/h6-7,10,12,19H,1-5,8-9,11H2,(H,20,23)(H,21,24)(H2,18,27,28). The highest BCUT2D eigenvalue weighted by Crippen LogP contribution is 2.27. The molecule has 1 saturated carbocycles. The number of nitrogens with zero attached hydrogens (tertiary/aromatic N) is 1. The number of carbonyl (C=O) groups excluding carboxylic acids is 2. The van der Waals surface area contributed by atoms with Gasteiger partial charge in [0.15, 0.2) is 0 Å². The van der Waals surface area contributed by atoms with Crippen LogP contribution in [0.3, 0.4) is 0 Å². The van der Waals surface area contributed by atoms with E-state index in [2.05, 4.69) is 16.0 Å². The number of carbonyl (C=O) groups is 2. The number of sulfonamides is 1. The summed E-state index contributed by atoms with van der Waals surface area (Å²) in [6, 6.07) is 3.37. The number of nitrogens with two attached hydrogens (primary N) is 1. The highest BCUT2D eigenvalue weighted by Gasteiger charge is 2.19. The van der Waals surface area contributed by atoms with E-state index in [4.69, 9.17) is 5.14 Å². The lowest BCUT2D eigenvalue weighted by atomic mass is 9.95. The van der Waals surface area contributed by atoms with Crippen LogP contribution in [-0.4, -0.2) is 44.3 Å². The van der Waals surface area contributed by atoms with Gasteiger partial charge in [-0.2, -0.15) is 0 Å². The minimum atomic E-state index is -4.07. The van der Waals surface area contributed by atoms with Crippen LogP contribution in [0.5, 0.6) is 0 Å². The maximum Gasteiger partial charge on any atom is 0.293 e. The Morgan fingerprint density at radius 1 is 1.17 bits per heavy atom. The van der Waals surface area contributed by atoms with Crippen molar-refractivity contribution in [3.05, 3.63) is 28.3 Å². The molecule has 1 aromatic rings. The van der Waals surface area contributed by atoms with Crippen molar-refractivity contribution in [1.29, 1.82) is 0 Å². The molecule has 2 amide bonds. The first kappa shape index (κ1) is 22.6. The van der Waals surface area contributed by atoms with Gasteiger partial charge >= 0.3 is 0 Å². The van der Waals surface area contributed by atoms with E-state index in [9.17, 15) is 28.1 Å². The molecule has 0 radical (unpaired) electrons. The van der Waals surface area contributed by atoms with Gasteiger partial charge in [0, 0.05) is 25.1 Å². The van der Waals surface area contributed by atoms with E-state index < -0.39 is 20.6 Å². The summed E-state index contributed by atoms with van der Waals surface area (Å²) < 4.78 is 22.6. The number of hydrogen-bond donors (Lipinski definition) is 4. The highest BCUT2D eigenvalue weighted by atomic mass is 32.2. The van der Waals surface area contributed by atoms with Crippen LogP contribution in [0.15, 0.2) is 23.1 Å². The average molecular weight is 427 g/mol. The molecule has 160 valence electrons. The van der Waals surface area contributed by atoms with Crippen LogP contribution < -0.4 is 21.1 Å². The summed E-state index contributed by atoms with van der Waals surface area (Å²) in [6.45, 7) is -0.0653. The molecule has 12 heteroatoms. The van der Waals surface area contributed by atoms with Crippen LogP contribution in [0, 0.1) is 10.1 Å². The minimum Gasteiger partial charge on any atom is -0.379 e. The SMILES string of the molecule is NS(=O)(=O)c1ccc(NCCC(=O)NCC(=O)NC2CCCCC2)c([N+](=O)[O-])c1. The molecule has 11 nitrogen and oxygen atoms in total. The van der Waals surface area contributed by atoms with Crippen LogP contribution in [0.1, 0.15) is 38.5 Å². The lowest BCUT2D eigenvalue weighted by molar-refractivity contribution is -0.384. The van der Waals surface area contributed by atoms with Crippen molar-refractivity contribution in [2.24, 2.45) is 5.14 Å². The van der Waals surface area contributed by atoms with Crippen molar-refractivity contribution in [3.63, 3.8) is 0 Å². The topological polar surface area (TPSA) is 174 Å².